The van der Waals surface area contributed by atoms with Gasteiger partial charge in [-0.2, -0.15) is 13.2 Å². The summed E-state index contributed by atoms with van der Waals surface area (Å²) >= 11 is 0. The monoisotopic (exact) mass is 308 g/mol. The maximum atomic E-state index is 11.8. The van der Waals surface area contributed by atoms with E-state index in [4.69, 9.17) is 0 Å². The minimum absolute atomic E-state index is 0.163. The largest absolute Gasteiger partial charge is 0.490 e. The Bertz CT molecular complexity index is 286. The number of hydrogen-bond donors (Lipinski definition) is 0. The smallest absolute Gasteiger partial charge is 0.459 e. The maximum Gasteiger partial charge on any atom is 0.490 e. The van der Waals surface area contributed by atoms with Crippen LogP contribution in [-0.2, 0) is 9.53 Å². The number of rotatable bonds is 12. The van der Waals surface area contributed by atoms with Crippen molar-refractivity contribution in [3.05, 3.63) is 12.2 Å². The summed E-state index contributed by atoms with van der Waals surface area (Å²) in [5.74, 6) is -2.10. The number of allylic oxidation sites excluding steroid dienone is 2. The standard InChI is InChI=1S/C16H27F3O2/c1-2-3-4-5-6-7-8-9-10-11-12-13-14-21-15(20)16(17,18)19/h9-10H,2-8,11-14H2,1H3/b10-9+. The van der Waals surface area contributed by atoms with E-state index in [-0.39, 0.29) is 6.61 Å². The van der Waals surface area contributed by atoms with E-state index in [1.807, 2.05) is 0 Å². The first-order chi connectivity index (χ1) is 9.98. The summed E-state index contributed by atoms with van der Waals surface area (Å²) in [4.78, 5) is 10.4. The molecule has 0 aliphatic heterocycles. The third-order valence-electron chi connectivity index (χ3n) is 3.12. The molecule has 21 heavy (non-hydrogen) atoms. The fraction of sp³-hybridized carbons (Fsp3) is 0.812. The number of carbonyl (C=O) groups excluding carboxylic acids is 1. The Morgan fingerprint density at radius 1 is 0.905 bits per heavy atom. The van der Waals surface area contributed by atoms with Gasteiger partial charge in [-0.3, -0.25) is 0 Å². The molecule has 0 rings (SSSR count). The van der Waals surface area contributed by atoms with E-state index in [2.05, 4.69) is 23.8 Å². The van der Waals surface area contributed by atoms with E-state index in [0.717, 1.165) is 19.3 Å². The zero-order chi connectivity index (χ0) is 16.0. The van der Waals surface area contributed by atoms with Gasteiger partial charge in [0.15, 0.2) is 0 Å². The second-order valence-electron chi connectivity index (χ2n) is 5.16. The van der Waals surface area contributed by atoms with Crippen molar-refractivity contribution in [3.63, 3.8) is 0 Å². The third-order valence-corrected chi connectivity index (χ3v) is 3.12. The molecule has 0 aliphatic carbocycles. The van der Waals surface area contributed by atoms with Gasteiger partial charge < -0.3 is 4.74 Å². The van der Waals surface area contributed by atoms with Gasteiger partial charge in [-0.1, -0.05) is 51.2 Å². The van der Waals surface area contributed by atoms with Crippen molar-refractivity contribution >= 4 is 5.97 Å². The first-order valence-corrected chi connectivity index (χ1v) is 7.87. The fourth-order valence-electron chi connectivity index (χ4n) is 1.89. The zero-order valence-corrected chi connectivity index (χ0v) is 12.9. The van der Waals surface area contributed by atoms with E-state index < -0.39 is 12.1 Å². The van der Waals surface area contributed by atoms with Crippen molar-refractivity contribution in [2.24, 2.45) is 0 Å². The Morgan fingerprint density at radius 3 is 2.00 bits per heavy atom. The summed E-state index contributed by atoms with van der Waals surface area (Å²) in [6.07, 6.45) is 10.0. The molecular formula is C16H27F3O2. The van der Waals surface area contributed by atoms with Crippen LogP contribution in [0.3, 0.4) is 0 Å². The van der Waals surface area contributed by atoms with Gasteiger partial charge >= 0.3 is 12.1 Å². The van der Waals surface area contributed by atoms with Crippen molar-refractivity contribution in [2.75, 3.05) is 6.61 Å². The highest BCUT2D eigenvalue weighted by Crippen LogP contribution is 2.16. The van der Waals surface area contributed by atoms with Gasteiger partial charge in [0.2, 0.25) is 0 Å². The molecule has 0 radical (unpaired) electrons. The van der Waals surface area contributed by atoms with Crippen LogP contribution >= 0.6 is 0 Å². The number of unbranched alkanes of at least 4 members (excludes halogenated alkanes) is 8. The van der Waals surface area contributed by atoms with Crippen LogP contribution in [0.4, 0.5) is 13.2 Å². The van der Waals surface area contributed by atoms with Crippen molar-refractivity contribution < 1.29 is 22.7 Å². The minimum atomic E-state index is -4.88. The number of carbonyl (C=O) groups is 1. The van der Waals surface area contributed by atoms with Gasteiger partial charge in [0.25, 0.3) is 0 Å². The lowest BCUT2D eigenvalue weighted by molar-refractivity contribution is -0.199. The number of esters is 1. The first-order valence-electron chi connectivity index (χ1n) is 7.87. The number of hydrogen-bond acceptors (Lipinski definition) is 2. The molecule has 0 aromatic rings. The summed E-state index contributed by atoms with van der Waals surface area (Å²) in [6, 6.07) is 0. The Balaban J connectivity index is 3.28. The van der Waals surface area contributed by atoms with Crippen LogP contribution in [0.1, 0.15) is 71.1 Å². The minimum Gasteiger partial charge on any atom is -0.459 e. The van der Waals surface area contributed by atoms with Crippen LogP contribution in [0, 0.1) is 0 Å². The predicted octanol–water partition coefficient (Wildman–Crippen LogP) is 5.57. The molecule has 0 spiro atoms. The van der Waals surface area contributed by atoms with Crippen LogP contribution in [0.15, 0.2) is 12.2 Å². The topological polar surface area (TPSA) is 26.3 Å². The molecule has 0 fully saturated rings. The van der Waals surface area contributed by atoms with Crippen LogP contribution in [0.2, 0.25) is 0 Å². The molecular weight excluding hydrogens is 281 g/mol. The Hall–Kier alpha value is -1.00. The average molecular weight is 308 g/mol. The SMILES string of the molecule is CCCCCCCC/C=C/CCCCOC(=O)C(F)(F)F. The average Bonchev–Trinajstić information content (AvgIpc) is 2.42. The van der Waals surface area contributed by atoms with Crippen molar-refractivity contribution in [2.45, 2.75) is 77.3 Å². The summed E-state index contributed by atoms with van der Waals surface area (Å²) in [6.45, 7) is 2.04. The summed E-state index contributed by atoms with van der Waals surface area (Å²) < 4.78 is 39.5. The van der Waals surface area contributed by atoms with E-state index in [1.54, 1.807) is 0 Å². The van der Waals surface area contributed by atoms with E-state index >= 15 is 0 Å². The number of ether oxygens (including phenoxy) is 1. The summed E-state index contributed by atoms with van der Waals surface area (Å²) in [7, 11) is 0. The molecule has 0 bridgehead atoms. The molecule has 0 atom stereocenters. The van der Waals surface area contributed by atoms with Crippen LogP contribution in [0.25, 0.3) is 0 Å². The fourth-order valence-corrected chi connectivity index (χ4v) is 1.89. The van der Waals surface area contributed by atoms with Gasteiger partial charge in [0.1, 0.15) is 0 Å². The van der Waals surface area contributed by atoms with Crippen LogP contribution < -0.4 is 0 Å². The third kappa shape index (κ3) is 13.7. The molecule has 0 unspecified atom stereocenters. The lowest BCUT2D eigenvalue weighted by Gasteiger charge is -2.06. The number of alkyl halides is 3. The summed E-state index contributed by atoms with van der Waals surface area (Å²) in [5.41, 5.74) is 0. The van der Waals surface area contributed by atoms with Crippen molar-refractivity contribution in [1.82, 2.24) is 0 Å². The van der Waals surface area contributed by atoms with Gasteiger partial charge in [-0.05, 0) is 32.1 Å². The zero-order valence-electron chi connectivity index (χ0n) is 12.9. The molecule has 0 amide bonds. The van der Waals surface area contributed by atoms with E-state index in [1.165, 1.54) is 38.5 Å². The lowest BCUT2D eigenvalue weighted by Crippen LogP contribution is -2.25. The highest BCUT2D eigenvalue weighted by atomic mass is 19.4. The van der Waals surface area contributed by atoms with Crippen LogP contribution in [0.5, 0.6) is 0 Å². The molecule has 2 nitrogen and oxygen atoms in total. The highest BCUT2D eigenvalue weighted by Gasteiger charge is 2.40. The van der Waals surface area contributed by atoms with Crippen molar-refractivity contribution in [3.8, 4) is 0 Å². The quantitative estimate of drug-likeness (QED) is 0.268. The molecule has 0 heterocycles. The molecule has 0 aromatic heterocycles. The molecule has 0 saturated heterocycles. The van der Waals surface area contributed by atoms with Gasteiger partial charge in [0, 0.05) is 0 Å². The predicted molar refractivity (Wildman–Crippen MR) is 78.0 cm³/mol. The van der Waals surface area contributed by atoms with Gasteiger partial charge in [-0.25, -0.2) is 4.79 Å². The Kier molecular flexibility index (Phi) is 12.1. The molecule has 0 saturated carbocycles. The molecule has 0 N–H and O–H groups in total. The van der Waals surface area contributed by atoms with E-state index in [0.29, 0.717) is 6.42 Å². The number of halogens is 3. The Labute approximate surface area is 125 Å². The lowest BCUT2D eigenvalue weighted by atomic mass is 10.1. The normalized spacial score (nSPS) is 12.0. The van der Waals surface area contributed by atoms with Crippen molar-refractivity contribution in [1.29, 1.82) is 0 Å². The van der Waals surface area contributed by atoms with E-state index in [9.17, 15) is 18.0 Å². The van der Waals surface area contributed by atoms with Crippen LogP contribution in [-0.4, -0.2) is 18.8 Å². The summed E-state index contributed by atoms with van der Waals surface area (Å²) in [5, 5.41) is 0. The highest BCUT2D eigenvalue weighted by molar-refractivity contribution is 5.75. The Morgan fingerprint density at radius 2 is 1.43 bits per heavy atom. The molecule has 5 heteroatoms. The maximum absolute atomic E-state index is 11.8. The molecule has 124 valence electrons. The molecule has 0 aliphatic rings. The second kappa shape index (κ2) is 12.7. The molecule has 0 aromatic carbocycles. The van der Waals surface area contributed by atoms with Gasteiger partial charge in [0.05, 0.1) is 6.61 Å². The van der Waals surface area contributed by atoms with Gasteiger partial charge in [-0.15, -0.1) is 0 Å². The first kappa shape index (κ1) is 20.0. The second-order valence-corrected chi connectivity index (χ2v) is 5.16.